The SMILES string of the molecule is CC(C)C(=O)Oc1c(C(=O)C(C)C)c(OC(=O)C(C)C)c2c(=O)c(OC(=O)C(C)C)c(-c3ccc(O)c(O)c3)oc2c1C(=O)C(C)C. The first-order valence-corrected chi connectivity index (χ1v) is 15.3. The molecule has 0 unspecified atom stereocenters. The molecule has 0 radical (unpaired) electrons. The quantitative estimate of drug-likeness (QED) is 0.103. The smallest absolute Gasteiger partial charge is 0.314 e. The standard InChI is InChI=1S/C35H40O12/c1-14(2)25(38)22-29-24(27(40)32(47-35(43)18(9)10)28(44-29)19-11-12-20(36)21(37)13-19)31(46-34(42)17(7)8)23(26(39)15(3)4)30(22)45-33(41)16(5)6/h11-18,36-37H,1-10H3. The Kier molecular flexibility index (Phi) is 11.0. The molecule has 0 aliphatic rings. The van der Waals surface area contributed by atoms with Crippen LogP contribution in [0.1, 0.15) is 90.0 Å². The Morgan fingerprint density at radius 1 is 0.596 bits per heavy atom. The Hall–Kier alpha value is -5.00. The summed E-state index contributed by atoms with van der Waals surface area (Å²) in [6, 6.07) is 3.39. The van der Waals surface area contributed by atoms with Gasteiger partial charge in [-0.1, -0.05) is 69.2 Å². The zero-order chi connectivity index (χ0) is 35.7. The highest BCUT2D eigenvalue weighted by atomic mass is 16.6. The van der Waals surface area contributed by atoms with Crippen molar-refractivity contribution in [3.8, 4) is 40.1 Å². The van der Waals surface area contributed by atoms with Gasteiger partial charge in [0.2, 0.25) is 11.2 Å². The Labute approximate surface area is 271 Å². The van der Waals surface area contributed by atoms with Crippen molar-refractivity contribution in [2.75, 3.05) is 0 Å². The highest BCUT2D eigenvalue weighted by molar-refractivity contribution is 6.18. The van der Waals surface area contributed by atoms with E-state index in [0.29, 0.717) is 0 Å². The van der Waals surface area contributed by atoms with Crippen LogP contribution in [0.3, 0.4) is 0 Å². The summed E-state index contributed by atoms with van der Waals surface area (Å²) in [6.07, 6.45) is 0. The van der Waals surface area contributed by atoms with E-state index in [1.165, 1.54) is 75.3 Å². The minimum atomic E-state index is -1.10. The fourth-order valence-electron chi connectivity index (χ4n) is 4.19. The highest BCUT2D eigenvalue weighted by Crippen LogP contribution is 2.46. The Bertz CT molecular complexity index is 1820. The normalized spacial score (nSPS) is 11.6. The molecule has 0 atom stereocenters. The summed E-state index contributed by atoms with van der Waals surface area (Å²) < 4.78 is 23.2. The van der Waals surface area contributed by atoms with E-state index in [0.717, 1.165) is 12.1 Å². The minimum absolute atomic E-state index is 0.0578. The number of aromatic hydroxyl groups is 2. The van der Waals surface area contributed by atoms with Crippen LogP contribution in [0.5, 0.6) is 28.7 Å². The summed E-state index contributed by atoms with van der Waals surface area (Å²) >= 11 is 0. The van der Waals surface area contributed by atoms with Gasteiger partial charge in [-0.3, -0.25) is 28.8 Å². The lowest BCUT2D eigenvalue weighted by Gasteiger charge is -2.23. The van der Waals surface area contributed by atoms with Crippen LogP contribution < -0.4 is 19.6 Å². The van der Waals surface area contributed by atoms with Crippen LogP contribution in [-0.4, -0.2) is 39.7 Å². The molecule has 0 spiro atoms. The van der Waals surface area contributed by atoms with Crippen molar-refractivity contribution < 1.29 is 52.8 Å². The van der Waals surface area contributed by atoms with E-state index in [9.17, 15) is 39.0 Å². The van der Waals surface area contributed by atoms with Crippen molar-refractivity contribution in [2.45, 2.75) is 69.2 Å². The van der Waals surface area contributed by atoms with Gasteiger partial charge >= 0.3 is 17.9 Å². The number of Topliss-reactive ketones (excluding diaryl/α,β-unsaturated/α-hetero) is 2. The third-order valence-electron chi connectivity index (χ3n) is 7.01. The molecule has 1 aromatic heterocycles. The van der Waals surface area contributed by atoms with E-state index in [1.54, 1.807) is 0 Å². The topological polar surface area (TPSA) is 184 Å². The van der Waals surface area contributed by atoms with Crippen molar-refractivity contribution in [2.24, 2.45) is 29.6 Å². The van der Waals surface area contributed by atoms with E-state index in [-0.39, 0.29) is 5.56 Å². The van der Waals surface area contributed by atoms with Crippen molar-refractivity contribution in [3.63, 3.8) is 0 Å². The van der Waals surface area contributed by atoms with Crippen LogP contribution in [0.2, 0.25) is 0 Å². The maximum absolute atomic E-state index is 14.6. The van der Waals surface area contributed by atoms with Gasteiger partial charge in [-0.25, -0.2) is 0 Å². The van der Waals surface area contributed by atoms with Gasteiger partial charge in [0.15, 0.2) is 45.9 Å². The molecular weight excluding hydrogens is 612 g/mol. The predicted octanol–water partition coefficient (Wildman–Crippen LogP) is 6.23. The lowest BCUT2D eigenvalue weighted by molar-refractivity contribution is -0.139. The summed E-state index contributed by atoms with van der Waals surface area (Å²) in [7, 11) is 0. The van der Waals surface area contributed by atoms with Crippen LogP contribution >= 0.6 is 0 Å². The Morgan fingerprint density at radius 2 is 1.04 bits per heavy atom. The molecule has 3 aromatic rings. The molecule has 0 aliphatic heterocycles. The predicted molar refractivity (Wildman–Crippen MR) is 171 cm³/mol. The van der Waals surface area contributed by atoms with E-state index in [4.69, 9.17) is 18.6 Å². The van der Waals surface area contributed by atoms with Crippen LogP contribution in [-0.2, 0) is 14.4 Å². The molecule has 252 valence electrons. The Morgan fingerprint density at radius 3 is 1.49 bits per heavy atom. The van der Waals surface area contributed by atoms with Gasteiger partial charge in [-0.05, 0) is 18.2 Å². The van der Waals surface area contributed by atoms with Gasteiger partial charge in [0.25, 0.3) is 0 Å². The second-order valence-electron chi connectivity index (χ2n) is 12.7. The summed E-state index contributed by atoms with van der Waals surface area (Å²) in [5, 5.41) is 19.6. The number of hydrogen-bond donors (Lipinski definition) is 2. The summed E-state index contributed by atoms with van der Waals surface area (Å²) in [5.74, 6) is -11.3. The highest BCUT2D eigenvalue weighted by Gasteiger charge is 2.38. The number of carbonyl (C=O) groups is 5. The molecule has 0 bridgehead atoms. The first-order valence-electron chi connectivity index (χ1n) is 15.3. The maximum Gasteiger partial charge on any atom is 0.314 e. The fraction of sp³-hybridized carbons (Fsp3) is 0.429. The van der Waals surface area contributed by atoms with Gasteiger partial charge in [-0.15, -0.1) is 0 Å². The molecule has 0 amide bonds. The van der Waals surface area contributed by atoms with E-state index < -0.39 is 121 Å². The molecule has 3 rings (SSSR count). The van der Waals surface area contributed by atoms with Gasteiger partial charge < -0.3 is 28.8 Å². The average molecular weight is 653 g/mol. The molecule has 12 nitrogen and oxygen atoms in total. The van der Waals surface area contributed by atoms with Crippen molar-refractivity contribution >= 4 is 40.4 Å². The molecule has 2 N–H and O–H groups in total. The second-order valence-corrected chi connectivity index (χ2v) is 12.7. The zero-order valence-corrected chi connectivity index (χ0v) is 28.1. The third-order valence-corrected chi connectivity index (χ3v) is 7.01. The molecule has 0 saturated heterocycles. The maximum atomic E-state index is 14.6. The van der Waals surface area contributed by atoms with Gasteiger partial charge in [-0.2, -0.15) is 0 Å². The first kappa shape index (κ1) is 36.5. The number of ether oxygens (including phenoxy) is 3. The lowest BCUT2D eigenvalue weighted by Crippen LogP contribution is -2.26. The van der Waals surface area contributed by atoms with Crippen molar-refractivity contribution in [1.82, 2.24) is 0 Å². The number of ketones is 2. The number of phenols is 2. The molecule has 0 aliphatic carbocycles. The number of rotatable bonds is 11. The largest absolute Gasteiger partial charge is 0.504 e. The van der Waals surface area contributed by atoms with Gasteiger partial charge in [0.05, 0.1) is 17.8 Å². The summed E-state index contributed by atoms with van der Waals surface area (Å²) in [4.78, 5) is 81.6. The molecule has 0 saturated carbocycles. The fourth-order valence-corrected chi connectivity index (χ4v) is 4.19. The number of fused-ring (bicyclic) bond motifs is 1. The molecular formula is C35H40O12. The summed E-state index contributed by atoms with van der Waals surface area (Å²) in [6.45, 7) is 15.2. The van der Waals surface area contributed by atoms with E-state index in [2.05, 4.69) is 0 Å². The average Bonchev–Trinajstić information content (AvgIpc) is 2.98. The molecule has 0 fully saturated rings. The number of hydrogen-bond acceptors (Lipinski definition) is 12. The number of phenolic OH excluding ortho intramolecular Hbond substituents is 2. The van der Waals surface area contributed by atoms with Gasteiger partial charge in [0, 0.05) is 17.4 Å². The number of carbonyl (C=O) groups excluding carboxylic acids is 5. The molecule has 1 heterocycles. The monoisotopic (exact) mass is 652 g/mol. The van der Waals surface area contributed by atoms with Crippen LogP contribution in [0.15, 0.2) is 27.4 Å². The lowest BCUT2D eigenvalue weighted by atomic mass is 9.90. The van der Waals surface area contributed by atoms with E-state index in [1.807, 2.05) is 0 Å². The van der Waals surface area contributed by atoms with Crippen LogP contribution in [0.25, 0.3) is 22.3 Å². The molecule has 47 heavy (non-hydrogen) atoms. The third kappa shape index (κ3) is 7.37. The first-order chi connectivity index (χ1) is 21.8. The zero-order valence-electron chi connectivity index (χ0n) is 28.1. The van der Waals surface area contributed by atoms with Crippen LogP contribution in [0.4, 0.5) is 0 Å². The second kappa shape index (κ2) is 14.2. The van der Waals surface area contributed by atoms with Crippen molar-refractivity contribution in [3.05, 3.63) is 39.5 Å². The van der Waals surface area contributed by atoms with Gasteiger partial charge in [0.1, 0.15) is 16.5 Å². The number of benzene rings is 2. The van der Waals surface area contributed by atoms with Crippen LogP contribution in [0, 0.1) is 29.6 Å². The van der Waals surface area contributed by atoms with E-state index >= 15 is 0 Å². The minimum Gasteiger partial charge on any atom is -0.504 e. The number of esters is 3. The van der Waals surface area contributed by atoms with Crippen molar-refractivity contribution in [1.29, 1.82) is 0 Å². The molecule has 12 heteroatoms. The molecule has 2 aromatic carbocycles. The Balaban J connectivity index is 2.81. The summed E-state index contributed by atoms with van der Waals surface area (Å²) in [5.41, 5.74) is -2.66.